The number of hydrogen-bond donors (Lipinski definition) is 2. The molecule has 0 aliphatic rings. The van der Waals surface area contributed by atoms with Crippen molar-refractivity contribution in [1.82, 2.24) is 10.3 Å². The first-order valence-corrected chi connectivity index (χ1v) is 7.00. The number of para-hydroxylation sites is 1. The summed E-state index contributed by atoms with van der Waals surface area (Å²) in [5.41, 5.74) is 12.2. The fourth-order valence-corrected chi connectivity index (χ4v) is 1.86. The van der Waals surface area contributed by atoms with E-state index >= 15 is 0 Å². The van der Waals surface area contributed by atoms with E-state index in [9.17, 15) is 0 Å². The second-order valence-corrected chi connectivity index (χ2v) is 4.72. The first-order valence-electron chi connectivity index (χ1n) is 7.00. The van der Waals surface area contributed by atoms with E-state index in [0.29, 0.717) is 5.75 Å². The van der Waals surface area contributed by atoms with Gasteiger partial charge in [0.15, 0.2) is 17.3 Å². The molecule has 0 saturated heterocycles. The zero-order valence-corrected chi connectivity index (χ0v) is 12.5. The SMILES string of the molecule is N/C(=N\N=C\c1cccc(Oc2ccccc2)c1)c1nonc1N. The van der Waals surface area contributed by atoms with E-state index in [-0.39, 0.29) is 17.3 Å². The Bertz CT molecular complexity index is 873. The second kappa shape index (κ2) is 7.05. The van der Waals surface area contributed by atoms with Crippen LogP contribution in [0.25, 0.3) is 0 Å². The first-order chi connectivity index (χ1) is 11.7. The quantitative estimate of drug-likeness (QED) is 0.421. The number of hydrogen-bond acceptors (Lipinski definition) is 7. The van der Waals surface area contributed by atoms with Gasteiger partial charge in [0.25, 0.3) is 0 Å². The number of ether oxygens (including phenoxy) is 1. The van der Waals surface area contributed by atoms with Gasteiger partial charge >= 0.3 is 0 Å². The van der Waals surface area contributed by atoms with Gasteiger partial charge in [-0.25, -0.2) is 4.63 Å². The minimum atomic E-state index is 0.0155. The molecule has 0 aliphatic carbocycles. The van der Waals surface area contributed by atoms with Crippen LogP contribution in [0.5, 0.6) is 11.5 Å². The molecule has 0 fully saturated rings. The lowest BCUT2D eigenvalue weighted by Crippen LogP contribution is -2.15. The zero-order chi connectivity index (χ0) is 16.8. The van der Waals surface area contributed by atoms with E-state index in [1.54, 1.807) is 0 Å². The smallest absolute Gasteiger partial charge is 0.199 e. The normalized spacial score (nSPS) is 11.8. The van der Waals surface area contributed by atoms with E-state index in [0.717, 1.165) is 11.3 Å². The van der Waals surface area contributed by atoms with Gasteiger partial charge in [-0.05, 0) is 40.1 Å². The van der Waals surface area contributed by atoms with Crippen molar-refractivity contribution in [2.45, 2.75) is 0 Å². The molecular weight excluding hydrogens is 308 g/mol. The maximum atomic E-state index is 5.75. The number of anilines is 1. The third-order valence-corrected chi connectivity index (χ3v) is 2.97. The number of benzene rings is 2. The molecule has 1 aromatic heterocycles. The highest BCUT2D eigenvalue weighted by Gasteiger charge is 2.09. The maximum absolute atomic E-state index is 5.75. The summed E-state index contributed by atoms with van der Waals surface area (Å²) in [6.07, 6.45) is 1.54. The van der Waals surface area contributed by atoms with E-state index in [1.807, 2.05) is 54.6 Å². The lowest BCUT2D eigenvalue weighted by molar-refractivity contribution is 0.308. The lowest BCUT2D eigenvalue weighted by atomic mass is 10.2. The Morgan fingerprint density at radius 2 is 1.83 bits per heavy atom. The molecule has 0 bridgehead atoms. The summed E-state index contributed by atoms with van der Waals surface area (Å²) in [5.74, 6) is 1.52. The molecule has 2 aromatic carbocycles. The van der Waals surface area contributed by atoms with Crippen molar-refractivity contribution < 1.29 is 9.37 Å². The Hall–Kier alpha value is -3.68. The Labute approximate surface area is 137 Å². The molecule has 120 valence electrons. The topological polar surface area (TPSA) is 125 Å². The second-order valence-electron chi connectivity index (χ2n) is 4.72. The number of nitrogen functional groups attached to an aromatic ring is 1. The molecule has 0 spiro atoms. The number of nitrogens with two attached hydrogens (primary N) is 2. The molecule has 0 aliphatic heterocycles. The summed E-state index contributed by atoms with van der Waals surface area (Å²) >= 11 is 0. The van der Waals surface area contributed by atoms with Gasteiger partial charge in [-0.2, -0.15) is 5.10 Å². The summed E-state index contributed by atoms with van der Waals surface area (Å²) in [4.78, 5) is 0. The first kappa shape index (κ1) is 15.2. The van der Waals surface area contributed by atoms with Crippen LogP contribution in [0.1, 0.15) is 11.3 Å². The van der Waals surface area contributed by atoms with Crippen LogP contribution in [0.15, 0.2) is 69.4 Å². The van der Waals surface area contributed by atoms with E-state index < -0.39 is 0 Å². The molecule has 8 nitrogen and oxygen atoms in total. The largest absolute Gasteiger partial charge is 0.457 e. The zero-order valence-electron chi connectivity index (χ0n) is 12.5. The highest BCUT2D eigenvalue weighted by molar-refractivity contribution is 5.99. The van der Waals surface area contributed by atoms with Crippen molar-refractivity contribution in [2.75, 3.05) is 5.73 Å². The van der Waals surface area contributed by atoms with Gasteiger partial charge in [-0.3, -0.25) is 0 Å². The van der Waals surface area contributed by atoms with Crippen LogP contribution in [-0.2, 0) is 0 Å². The minimum Gasteiger partial charge on any atom is -0.457 e. The Morgan fingerprint density at radius 1 is 1.04 bits per heavy atom. The number of nitrogens with zero attached hydrogens (tertiary/aromatic N) is 4. The van der Waals surface area contributed by atoms with Gasteiger partial charge in [-0.15, -0.1) is 5.10 Å². The molecule has 0 radical (unpaired) electrons. The van der Waals surface area contributed by atoms with Gasteiger partial charge in [-0.1, -0.05) is 30.3 Å². The predicted molar refractivity (Wildman–Crippen MR) is 90.0 cm³/mol. The van der Waals surface area contributed by atoms with E-state index in [2.05, 4.69) is 25.1 Å². The fraction of sp³-hybridized carbons (Fsp3) is 0. The van der Waals surface area contributed by atoms with Gasteiger partial charge in [0.1, 0.15) is 11.5 Å². The number of amidine groups is 1. The van der Waals surface area contributed by atoms with E-state index in [4.69, 9.17) is 16.2 Å². The summed E-state index contributed by atoms with van der Waals surface area (Å²) in [6, 6.07) is 16.9. The van der Waals surface area contributed by atoms with Crippen molar-refractivity contribution in [3.05, 3.63) is 65.9 Å². The molecule has 8 heteroatoms. The Morgan fingerprint density at radius 3 is 2.58 bits per heavy atom. The van der Waals surface area contributed by atoms with Crippen molar-refractivity contribution in [3.8, 4) is 11.5 Å². The summed E-state index contributed by atoms with van der Waals surface area (Å²) < 4.78 is 10.2. The van der Waals surface area contributed by atoms with Gasteiger partial charge in [0.2, 0.25) is 0 Å². The van der Waals surface area contributed by atoms with Crippen molar-refractivity contribution in [2.24, 2.45) is 15.9 Å². The van der Waals surface area contributed by atoms with Crippen LogP contribution in [0.2, 0.25) is 0 Å². The Kier molecular flexibility index (Phi) is 4.47. The fourth-order valence-electron chi connectivity index (χ4n) is 1.86. The van der Waals surface area contributed by atoms with Crippen molar-refractivity contribution >= 4 is 17.9 Å². The molecule has 24 heavy (non-hydrogen) atoms. The highest BCUT2D eigenvalue weighted by Crippen LogP contribution is 2.21. The standard InChI is InChI=1S/C16H14N6O2/c17-15(14-16(18)22-24-21-14)20-19-10-11-5-4-8-13(9-11)23-12-6-2-1-3-7-12/h1-10H,(H2,17,20)(H2,18,22)/b19-10+. The number of aromatic nitrogens is 2. The monoisotopic (exact) mass is 322 g/mol. The lowest BCUT2D eigenvalue weighted by Gasteiger charge is -2.05. The average molecular weight is 322 g/mol. The molecule has 3 aromatic rings. The minimum absolute atomic E-state index is 0.0155. The predicted octanol–water partition coefficient (Wildman–Crippen LogP) is 2.18. The van der Waals surface area contributed by atoms with Crippen LogP contribution < -0.4 is 16.2 Å². The third-order valence-electron chi connectivity index (χ3n) is 2.97. The third kappa shape index (κ3) is 3.74. The Balaban J connectivity index is 1.71. The van der Waals surface area contributed by atoms with Crippen LogP contribution in [-0.4, -0.2) is 22.4 Å². The molecular formula is C16H14N6O2. The van der Waals surface area contributed by atoms with Crippen LogP contribution in [0.3, 0.4) is 0 Å². The van der Waals surface area contributed by atoms with Gasteiger partial charge in [0.05, 0.1) is 6.21 Å². The summed E-state index contributed by atoms with van der Waals surface area (Å²) in [6.45, 7) is 0. The summed E-state index contributed by atoms with van der Waals surface area (Å²) in [7, 11) is 0. The maximum Gasteiger partial charge on any atom is 0.199 e. The van der Waals surface area contributed by atoms with Crippen LogP contribution >= 0.6 is 0 Å². The van der Waals surface area contributed by atoms with Crippen molar-refractivity contribution in [1.29, 1.82) is 0 Å². The average Bonchev–Trinajstić information content (AvgIpc) is 3.02. The molecule has 0 saturated carbocycles. The van der Waals surface area contributed by atoms with Crippen LogP contribution in [0, 0.1) is 0 Å². The van der Waals surface area contributed by atoms with E-state index in [1.165, 1.54) is 6.21 Å². The molecule has 4 N–H and O–H groups in total. The van der Waals surface area contributed by atoms with Crippen molar-refractivity contribution in [3.63, 3.8) is 0 Å². The summed E-state index contributed by atoms with van der Waals surface area (Å²) in [5, 5.41) is 14.7. The molecule has 3 rings (SSSR count). The molecule has 0 unspecified atom stereocenters. The van der Waals surface area contributed by atoms with Gasteiger partial charge in [0, 0.05) is 0 Å². The molecule has 1 heterocycles. The highest BCUT2D eigenvalue weighted by atomic mass is 16.6. The number of rotatable bonds is 5. The van der Waals surface area contributed by atoms with Crippen LogP contribution in [0.4, 0.5) is 5.82 Å². The molecule has 0 atom stereocenters. The molecule has 0 amide bonds. The van der Waals surface area contributed by atoms with Gasteiger partial charge < -0.3 is 16.2 Å².